The van der Waals surface area contributed by atoms with Gasteiger partial charge in [-0.3, -0.25) is 4.79 Å². The van der Waals surface area contributed by atoms with Gasteiger partial charge in [0.1, 0.15) is 5.25 Å². The lowest BCUT2D eigenvalue weighted by atomic mass is 10.3. The van der Waals surface area contributed by atoms with Gasteiger partial charge < -0.3 is 9.63 Å². The van der Waals surface area contributed by atoms with Crippen LogP contribution in [0.3, 0.4) is 0 Å². The Kier molecular flexibility index (Phi) is 5.31. The first-order chi connectivity index (χ1) is 7.67. The summed E-state index contributed by atoms with van der Waals surface area (Å²) >= 11 is 1.32. The van der Waals surface area contributed by atoms with Crippen LogP contribution in [0.15, 0.2) is 4.52 Å². The number of carbonyl (C=O) groups is 1. The van der Waals surface area contributed by atoms with E-state index in [1.807, 2.05) is 13.8 Å². The summed E-state index contributed by atoms with van der Waals surface area (Å²) in [6, 6.07) is 0. The minimum atomic E-state index is -0.791. The predicted molar refractivity (Wildman–Crippen MR) is 61.3 cm³/mol. The molecule has 0 aliphatic rings. The first-order valence-electron chi connectivity index (χ1n) is 5.33. The van der Waals surface area contributed by atoms with Gasteiger partial charge in [0.05, 0.1) is 5.75 Å². The van der Waals surface area contributed by atoms with Crippen LogP contribution < -0.4 is 0 Å². The second-order valence-corrected chi connectivity index (χ2v) is 4.59. The van der Waals surface area contributed by atoms with Gasteiger partial charge in [-0.15, -0.1) is 11.8 Å². The van der Waals surface area contributed by atoms with Gasteiger partial charge in [-0.1, -0.05) is 19.0 Å². The molecule has 0 amide bonds. The molecule has 1 aromatic rings. The molecule has 1 unspecified atom stereocenters. The third-order valence-corrected chi connectivity index (χ3v) is 3.39. The fourth-order valence-corrected chi connectivity index (χ4v) is 2.05. The average Bonchev–Trinajstić information content (AvgIpc) is 2.67. The first-order valence-corrected chi connectivity index (χ1v) is 6.38. The third kappa shape index (κ3) is 3.84. The summed E-state index contributed by atoms with van der Waals surface area (Å²) in [4.78, 5) is 14.9. The van der Waals surface area contributed by atoms with Crippen LogP contribution in [0.4, 0.5) is 0 Å². The van der Waals surface area contributed by atoms with Crippen LogP contribution in [0, 0.1) is 0 Å². The van der Waals surface area contributed by atoms with Gasteiger partial charge in [0.2, 0.25) is 5.89 Å². The number of thioether (sulfide) groups is 1. The quantitative estimate of drug-likeness (QED) is 0.791. The van der Waals surface area contributed by atoms with E-state index in [-0.39, 0.29) is 0 Å². The Bertz CT molecular complexity index is 341. The number of hydrogen-bond acceptors (Lipinski definition) is 5. The summed E-state index contributed by atoms with van der Waals surface area (Å²) in [5.74, 6) is 0.872. The number of aromatic nitrogens is 2. The summed E-state index contributed by atoms with van der Waals surface area (Å²) in [7, 11) is 0. The van der Waals surface area contributed by atoms with Crippen molar-refractivity contribution in [2.45, 2.75) is 44.1 Å². The number of carboxylic acids is 1. The fraction of sp³-hybridized carbons (Fsp3) is 0.700. The molecule has 1 atom stereocenters. The maximum absolute atomic E-state index is 10.8. The third-order valence-electron chi connectivity index (χ3n) is 2.04. The maximum Gasteiger partial charge on any atom is 0.316 e. The molecule has 6 heteroatoms. The van der Waals surface area contributed by atoms with Crippen molar-refractivity contribution < 1.29 is 14.4 Å². The Hall–Kier alpha value is -1.04. The highest BCUT2D eigenvalue weighted by Gasteiger charge is 2.17. The lowest BCUT2D eigenvalue weighted by Gasteiger charge is -2.06. The zero-order valence-electron chi connectivity index (χ0n) is 9.47. The summed E-state index contributed by atoms with van der Waals surface area (Å²) in [6.07, 6.45) is 2.36. The lowest BCUT2D eigenvalue weighted by Crippen LogP contribution is -2.15. The van der Waals surface area contributed by atoms with Gasteiger partial charge in [-0.2, -0.15) is 4.98 Å². The van der Waals surface area contributed by atoms with E-state index in [1.165, 1.54) is 11.8 Å². The van der Waals surface area contributed by atoms with Crippen molar-refractivity contribution in [1.82, 2.24) is 10.1 Å². The number of carboxylic acid groups (broad SMARTS) is 1. The molecule has 0 radical (unpaired) electrons. The molecule has 1 rings (SSSR count). The number of hydrogen-bond donors (Lipinski definition) is 1. The molecule has 1 heterocycles. The largest absolute Gasteiger partial charge is 0.480 e. The Morgan fingerprint density at radius 3 is 2.88 bits per heavy atom. The summed E-state index contributed by atoms with van der Waals surface area (Å²) in [5, 5.41) is 12.3. The van der Waals surface area contributed by atoms with Crippen LogP contribution >= 0.6 is 11.8 Å². The van der Waals surface area contributed by atoms with Crippen molar-refractivity contribution in [2.24, 2.45) is 0 Å². The molecular formula is C10H16N2O3S. The number of rotatable bonds is 7. The Labute approximate surface area is 98.6 Å². The van der Waals surface area contributed by atoms with E-state index >= 15 is 0 Å². The van der Waals surface area contributed by atoms with Crippen LogP contribution in [-0.2, 0) is 17.0 Å². The molecule has 0 aliphatic carbocycles. The second-order valence-electron chi connectivity index (χ2n) is 3.40. The van der Waals surface area contributed by atoms with Crippen LogP contribution in [0.2, 0.25) is 0 Å². The van der Waals surface area contributed by atoms with Crippen molar-refractivity contribution in [3.63, 3.8) is 0 Å². The van der Waals surface area contributed by atoms with Crippen LogP contribution in [0.5, 0.6) is 0 Å². The molecule has 1 N–H and O–H groups in total. The molecular weight excluding hydrogens is 228 g/mol. The second kappa shape index (κ2) is 6.52. The number of aliphatic carboxylic acids is 1. The van der Waals surface area contributed by atoms with Crippen molar-refractivity contribution in [3.8, 4) is 0 Å². The van der Waals surface area contributed by atoms with Crippen molar-refractivity contribution in [3.05, 3.63) is 11.7 Å². The zero-order chi connectivity index (χ0) is 12.0. The van der Waals surface area contributed by atoms with Crippen LogP contribution in [0.25, 0.3) is 0 Å². The van der Waals surface area contributed by atoms with E-state index in [4.69, 9.17) is 9.63 Å². The van der Waals surface area contributed by atoms with Crippen molar-refractivity contribution in [1.29, 1.82) is 0 Å². The summed E-state index contributed by atoms with van der Waals surface area (Å²) < 4.78 is 5.02. The fourth-order valence-electron chi connectivity index (χ4n) is 1.21. The Morgan fingerprint density at radius 2 is 2.31 bits per heavy atom. The summed E-state index contributed by atoms with van der Waals surface area (Å²) in [5.41, 5.74) is 0. The Balaban J connectivity index is 2.44. The molecule has 0 bridgehead atoms. The zero-order valence-corrected chi connectivity index (χ0v) is 10.3. The molecule has 0 fully saturated rings. The smallest absolute Gasteiger partial charge is 0.316 e. The molecule has 0 aromatic carbocycles. The SMILES string of the molecule is CCCc1noc(CSC(CC)C(=O)O)n1. The van der Waals surface area contributed by atoms with Crippen molar-refractivity contribution >= 4 is 17.7 Å². The van der Waals surface area contributed by atoms with E-state index in [2.05, 4.69) is 10.1 Å². The molecule has 5 nitrogen and oxygen atoms in total. The lowest BCUT2D eigenvalue weighted by molar-refractivity contribution is -0.136. The Morgan fingerprint density at radius 1 is 1.56 bits per heavy atom. The normalized spacial score (nSPS) is 12.6. The average molecular weight is 244 g/mol. The molecule has 0 saturated carbocycles. The van der Waals surface area contributed by atoms with Gasteiger partial charge in [0, 0.05) is 6.42 Å². The van der Waals surface area contributed by atoms with E-state index in [0.29, 0.717) is 23.9 Å². The first kappa shape index (κ1) is 13.0. The van der Waals surface area contributed by atoms with Crippen LogP contribution in [-0.4, -0.2) is 26.5 Å². The molecule has 0 saturated heterocycles. The standard InChI is InChI=1S/C10H16N2O3S/c1-3-5-8-11-9(15-12-8)6-16-7(4-2)10(13)14/h7H,3-6H2,1-2H3,(H,13,14). The van der Waals surface area contributed by atoms with Gasteiger partial charge >= 0.3 is 5.97 Å². The minimum absolute atomic E-state index is 0.401. The van der Waals surface area contributed by atoms with Crippen LogP contribution in [0.1, 0.15) is 38.4 Å². The van der Waals surface area contributed by atoms with E-state index < -0.39 is 11.2 Å². The number of aryl methyl sites for hydroxylation is 1. The summed E-state index contributed by atoms with van der Waals surface area (Å²) in [6.45, 7) is 3.89. The molecule has 90 valence electrons. The minimum Gasteiger partial charge on any atom is -0.480 e. The highest BCUT2D eigenvalue weighted by molar-refractivity contribution is 7.99. The van der Waals surface area contributed by atoms with Gasteiger partial charge in [-0.05, 0) is 12.8 Å². The molecule has 1 aromatic heterocycles. The molecule has 16 heavy (non-hydrogen) atoms. The van der Waals surface area contributed by atoms with Gasteiger partial charge in [0.25, 0.3) is 0 Å². The molecule has 0 aliphatic heterocycles. The van der Waals surface area contributed by atoms with Crippen molar-refractivity contribution in [2.75, 3.05) is 0 Å². The molecule has 0 spiro atoms. The maximum atomic E-state index is 10.8. The highest BCUT2D eigenvalue weighted by Crippen LogP contribution is 2.19. The van der Waals surface area contributed by atoms with E-state index in [9.17, 15) is 4.79 Å². The highest BCUT2D eigenvalue weighted by atomic mass is 32.2. The van der Waals surface area contributed by atoms with Gasteiger partial charge in [-0.25, -0.2) is 0 Å². The number of nitrogens with zero attached hydrogens (tertiary/aromatic N) is 2. The topological polar surface area (TPSA) is 76.2 Å². The predicted octanol–water partition coefficient (Wildman–Crippen LogP) is 2.12. The van der Waals surface area contributed by atoms with Gasteiger partial charge in [0.15, 0.2) is 5.82 Å². The van der Waals surface area contributed by atoms with E-state index in [1.54, 1.807) is 0 Å². The van der Waals surface area contributed by atoms with E-state index in [0.717, 1.165) is 12.8 Å². The monoisotopic (exact) mass is 244 g/mol.